The Morgan fingerprint density at radius 1 is 1.20 bits per heavy atom. The summed E-state index contributed by atoms with van der Waals surface area (Å²) in [6.07, 6.45) is 4.85. The van der Waals surface area contributed by atoms with Crippen LogP contribution in [0.1, 0.15) is 52.9 Å². The first kappa shape index (κ1) is 14.4. The van der Waals surface area contributed by atoms with Crippen molar-refractivity contribution in [2.24, 2.45) is 11.7 Å². The number of carbonyl (C=O) groups is 1. The summed E-state index contributed by atoms with van der Waals surface area (Å²) in [5.41, 5.74) is 5.34. The van der Waals surface area contributed by atoms with Gasteiger partial charge >= 0.3 is 0 Å². The molecule has 3 heteroatoms. The molecule has 0 rings (SSSR count). The number of hydrogen-bond acceptors (Lipinski definition) is 2. The van der Waals surface area contributed by atoms with Gasteiger partial charge in [0.2, 0.25) is 5.91 Å². The molecule has 0 saturated carbocycles. The molecule has 3 nitrogen and oxygen atoms in total. The van der Waals surface area contributed by atoms with Crippen LogP contribution in [0.5, 0.6) is 0 Å². The maximum Gasteiger partial charge on any atom is 0.220 e. The summed E-state index contributed by atoms with van der Waals surface area (Å²) >= 11 is 0. The van der Waals surface area contributed by atoms with Crippen molar-refractivity contribution in [1.29, 1.82) is 0 Å². The normalized spacial score (nSPS) is 12.9. The van der Waals surface area contributed by atoms with Gasteiger partial charge in [0.1, 0.15) is 0 Å². The summed E-state index contributed by atoms with van der Waals surface area (Å²) in [6.45, 7) is 7.12. The first-order chi connectivity index (χ1) is 7.06. The molecular weight excluding hydrogens is 188 g/mol. The van der Waals surface area contributed by atoms with Crippen LogP contribution in [-0.2, 0) is 4.79 Å². The molecule has 0 aliphatic carbocycles. The van der Waals surface area contributed by atoms with E-state index in [1.807, 2.05) is 0 Å². The van der Waals surface area contributed by atoms with Crippen LogP contribution in [0.15, 0.2) is 0 Å². The van der Waals surface area contributed by atoms with Crippen molar-refractivity contribution < 1.29 is 4.79 Å². The minimum atomic E-state index is 0.137. The highest BCUT2D eigenvalue weighted by Gasteiger charge is 2.06. The predicted molar refractivity (Wildman–Crippen MR) is 64.6 cm³/mol. The summed E-state index contributed by atoms with van der Waals surface area (Å²) in [5, 5.41) is 2.99. The number of nitrogens with one attached hydrogen (secondary N) is 1. The van der Waals surface area contributed by atoms with E-state index >= 15 is 0 Å². The molecule has 0 spiro atoms. The number of amides is 1. The molecule has 0 aromatic carbocycles. The summed E-state index contributed by atoms with van der Waals surface area (Å²) in [5.74, 6) is 0.891. The fourth-order valence-corrected chi connectivity index (χ4v) is 1.51. The third-order valence-electron chi connectivity index (χ3n) is 2.43. The number of carbonyl (C=O) groups excluding carboxylic acids is 1. The molecular formula is C12H26N2O. The molecule has 90 valence electrons. The lowest BCUT2D eigenvalue weighted by atomic mass is 10.0. The largest absolute Gasteiger partial charge is 0.354 e. The van der Waals surface area contributed by atoms with E-state index < -0.39 is 0 Å². The van der Waals surface area contributed by atoms with Crippen molar-refractivity contribution in [3.8, 4) is 0 Å². The van der Waals surface area contributed by atoms with Crippen molar-refractivity contribution >= 4 is 5.91 Å². The third kappa shape index (κ3) is 9.73. The molecule has 0 fully saturated rings. The van der Waals surface area contributed by atoms with Gasteiger partial charge in [-0.3, -0.25) is 4.79 Å². The number of nitrogens with two attached hydrogens (primary N) is 1. The van der Waals surface area contributed by atoms with Gasteiger partial charge < -0.3 is 11.1 Å². The zero-order valence-electron chi connectivity index (χ0n) is 10.4. The minimum Gasteiger partial charge on any atom is -0.354 e. The van der Waals surface area contributed by atoms with Gasteiger partial charge in [0, 0.05) is 12.5 Å². The van der Waals surface area contributed by atoms with Gasteiger partial charge in [0.05, 0.1) is 0 Å². The van der Waals surface area contributed by atoms with E-state index in [-0.39, 0.29) is 5.91 Å². The van der Waals surface area contributed by atoms with E-state index in [2.05, 4.69) is 26.1 Å². The van der Waals surface area contributed by atoms with Crippen LogP contribution < -0.4 is 11.1 Å². The Morgan fingerprint density at radius 3 is 2.40 bits per heavy atom. The van der Waals surface area contributed by atoms with Gasteiger partial charge in [-0.15, -0.1) is 0 Å². The fourth-order valence-electron chi connectivity index (χ4n) is 1.51. The molecule has 0 aromatic heterocycles. The Balaban J connectivity index is 3.46. The molecule has 0 aliphatic rings. The lowest BCUT2D eigenvalue weighted by Gasteiger charge is -2.14. The Morgan fingerprint density at radius 2 is 1.87 bits per heavy atom. The standard InChI is InChI=1S/C12H26N2O/c1-10(2)6-4-7-11(3)14-12(15)8-5-9-13/h10-11H,4-9,13H2,1-3H3,(H,14,15). The average Bonchev–Trinajstić information content (AvgIpc) is 2.14. The molecule has 0 aromatic rings. The van der Waals surface area contributed by atoms with E-state index in [9.17, 15) is 4.79 Å². The highest BCUT2D eigenvalue weighted by Crippen LogP contribution is 2.08. The van der Waals surface area contributed by atoms with Crippen LogP contribution in [0.2, 0.25) is 0 Å². The molecule has 0 bridgehead atoms. The quantitative estimate of drug-likeness (QED) is 0.650. The number of rotatable bonds is 8. The van der Waals surface area contributed by atoms with Crippen LogP contribution in [-0.4, -0.2) is 18.5 Å². The lowest BCUT2D eigenvalue weighted by Crippen LogP contribution is -2.32. The second kappa shape index (κ2) is 8.72. The highest BCUT2D eigenvalue weighted by atomic mass is 16.1. The minimum absolute atomic E-state index is 0.137. The summed E-state index contributed by atoms with van der Waals surface area (Å²) in [6, 6.07) is 0.300. The van der Waals surface area contributed by atoms with Gasteiger partial charge in [-0.2, -0.15) is 0 Å². The molecule has 15 heavy (non-hydrogen) atoms. The molecule has 0 saturated heterocycles. The first-order valence-electron chi connectivity index (χ1n) is 6.05. The first-order valence-corrected chi connectivity index (χ1v) is 6.05. The van der Waals surface area contributed by atoms with Crippen molar-refractivity contribution in [2.45, 2.75) is 58.9 Å². The van der Waals surface area contributed by atoms with Crippen molar-refractivity contribution in [1.82, 2.24) is 5.32 Å². The van der Waals surface area contributed by atoms with Crippen LogP contribution >= 0.6 is 0 Å². The number of hydrogen-bond donors (Lipinski definition) is 2. The van der Waals surface area contributed by atoms with Gasteiger partial charge in [-0.05, 0) is 32.2 Å². The molecule has 1 unspecified atom stereocenters. The zero-order valence-corrected chi connectivity index (χ0v) is 10.4. The van der Waals surface area contributed by atoms with Gasteiger partial charge in [0.25, 0.3) is 0 Å². The smallest absolute Gasteiger partial charge is 0.220 e. The van der Waals surface area contributed by atoms with Crippen molar-refractivity contribution in [3.63, 3.8) is 0 Å². The monoisotopic (exact) mass is 214 g/mol. The summed E-state index contributed by atoms with van der Waals surface area (Å²) < 4.78 is 0. The Labute approximate surface area is 93.8 Å². The summed E-state index contributed by atoms with van der Waals surface area (Å²) in [7, 11) is 0. The average molecular weight is 214 g/mol. The van der Waals surface area contributed by atoms with Crippen molar-refractivity contribution in [3.05, 3.63) is 0 Å². The van der Waals surface area contributed by atoms with Gasteiger partial charge in [-0.1, -0.05) is 26.7 Å². The second-order valence-corrected chi connectivity index (χ2v) is 4.69. The van der Waals surface area contributed by atoms with Crippen LogP contribution in [0.3, 0.4) is 0 Å². The zero-order chi connectivity index (χ0) is 11.7. The molecule has 1 amide bonds. The van der Waals surface area contributed by atoms with Crippen LogP contribution in [0.4, 0.5) is 0 Å². The highest BCUT2D eigenvalue weighted by molar-refractivity contribution is 5.76. The van der Waals surface area contributed by atoms with E-state index in [1.165, 1.54) is 12.8 Å². The molecule has 1 atom stereocenters. The summed E-state index contributed by atoms with van der Waals surface area (Å²) in [4.78, 5) is 11.3. The predicted octanol–water partition coefficient (Wildman–Crippen LogP) is 2.06. The Kier molecular flexibility index (Phi) is 8.38. The molecule has 0 radical (unpaired) electrons. The Hall–Kier alpha value is -0.570. The topological polar surface area (TPSA) is 55.1 Å². The maximum absolute atomic E-state index is 11.3. The molecule has 0 heterocycles. The third-order valence-corrected chi connectivity index (χ3v) is 2.43. The Bertz CT molecular complexity index is 169. The van der Waals surface area contributed by atoms with Crippen molar-refractivity contribution in [2.75, 3.05) is 6.54 Å². The molecule has 3 N–H and O–H groups in total. The fraction of sp³-hybridized carbons (Fsp3) is 0.917. The maximum atomic E-state index is 11.3. The van der Waals surface area contributed by atoms with E-state index in [0.29, 0.717) is 19.0 Å². The van der Waals surface area contributed by atoms with E-state index in [0.717, 1.165) is 18.8 Å². The SMILES string of the molecule is CC(C)CCCC(C)NC(=O)CCCN. The lowest BCUT2D eigenvalue weighted by molar-refractivity contribution is -0.121. The van der Waals surface area contributed by atoms with E-state index in [4.69, 9.17) is 5.73 Å². The van der Waals surface area contributed by atoms with Crippen LogP contribution in [0.25, 0.3) is 0 Å². The van der Waals surface area contributed by atoms with Gasteiger partial charge in [-0.25, -0.2) is 0 Å². The molecule has 0 aliphatic heterocycles. The van der Waals surface area contributed by atoms with Crippen LogP contribution in [0, 0.1) is 5.92 Å². The van der Waals surface area contributed by atoms with Gasteiger partial charge in [0.15, 0.2) is 0 Å². The van der Waals surface area contributed by atoms with E-state index in [1.54, 1.807) is 0 Å². The second-order valence-electron chi connectivity index (χ2n) is 4.69.